The van der Waals surface area contributed by atoms with E-state index in [4.69, 9.17) is 0 Å². The van der Waals surface area contributed by atoms with E-state index in [-0.39, 0.29) is 17.9 Å². The molecule has 2 fully saturated rings. The lowest BCUT2D eigenvalue weighted by molar-refractivity contribution is -0.141. The molecule has 0 bridgehead atoms. The van der Waals surface area contributed by atoms with Gasteiger partial charge in [0.25, 0.3) is 0 Å². The minimum atomic E-state index is -0.249. The van der Waals surface area contributed by atoms with Gasteiger partial charge in [0, 0.05) is 26.1 Å². The second kappa shape index (κ2) is 5.65. The molecule has 2 aliphatic rings. The Hall–Kier alpha value is -1.84. The molecule has 4 nitrogen and oxygen atoms in total. The smallest absolute Gasteiger partial charge is 0.245 e. The van der Waals surface area contributed by atoms with Gasteiger partial charge in [-0.2, -0.15) is 0 Å². The maximum Gasteiger partial charge on any atom is 0.245 e. The Kier molecular flexibility index (Phi) is 3.72. The summed E-state index contributed by atoms with van der Waals surface area (Å²) in [6, 6.07) is 9.65. The molecule has 1 aromatic rings. The van der Waals surface area contributed by atoms with Gasteiger partial charge in [-0.1, -0.05) is 30.3 Å². The lowest BCUT2D eigenvalue weighted by atomic mass is 10.1. The van der Waals surface area contributed by atoms with Crippen molar-refractivity contribution in [1.29, 1.82) is 0 Å². The van der Waals surface area contributed by atoms with Crippen molar-refractivity contribution in [1.82, 2.24) is 9.80 Å². The Morgan fingerprint density at radius 3 is 2.55 bits per heavy atom. The highest BCUT2D eigenvalue weighted by atomic mass is 16.2. The van der Waals surface area contributed by atoms with Crippen LogP contribution in [0.4, 0.5) is 0 Å². The van der Waals surface area contributed by atoms with Gasteiger partial charge in [0.15, 0.2) is 0 Å². The van der Waals surface area contributed by atoms with Crippen LogP contribution in [0.3, 0.4) is 0 Å². The zero-order chi connectivity index (χ0) is 13.9. The van der Waals surface area contributed by atoms with Gasteiger partial charge in [-0.25, -0.2) is 0 Å². The number of hydrogen-bond acceptors (Lipinski definition) is 2. The molecule has 1 unspecified atom stereocenters. The molecule has 106 valence electrons. The Morgan fingerprint density at radius 1 is 1.15 bits per heavy atom. The molecular weight excluding hydrogens is 252 g/mol. The first-order valence-corrected chi connectivity index (χ1v) is 7.38. The van der Waals surface area contributed by atoms with Gasteiger partial charge < -0.3 is 9.80 Å². The summed E-state index contributed by atoms with van der Waals surface area (Å²) in [7, 11) is 0. The molecule has 0 radical (unpaired) electrons. The first kappa shape index (κ1) is 13.2. The maximum atomic E-state index is 12.5. The number of rotatable bonds is 3. The summed E-state index contributed by atoms with van der Waals surface area (Å²) in [5, 5.41) is 0. The van der Waals surface area contributed by atoms with E-state index in [0.717, 1.165) is 31.5 Å². The van der Waals surface area contributed by atoms with Crippen LogP contribution in [0.2, 0.25) is 0 Å². The van der Waals surface area contributed by atoms with Crippen molar-refractivity contribution in [3.05, 3.63) is 35.9 Å². The molecule has 2 saturated heterocycles. The lowest BCUT2D eigenvalue weighted by Gasteiger charge is -2.28. The van der Waals surface area contributed by atoms with E-state index in [9.17, 15) is 9.59 Å². The van der Waals surface area contributed by atoms with Gasteiger partial charge in [0.05, 0.1) is 0 Å². The van der Waals surface area contributed by atoms with Gasteiger partial charge in [-0.15, -0.1) is 0 Å². The average Bonchev–Trinajstić information content (AvgIpc) is 3.11. The van der Waals surface area contributed by atoms with Crippen molar-refractivity contribution < 1.29 is 9.59 Å². The zero-order valence-electron chi connectivity index (χ0n) is 11.6. The van der Waals surface area contributed by atoms with Gasteiger partial charge in [0.2, 0.25) is 11.8 Å². The zero-order valence-corrected chi connectivity index (χ0v) is 11.6. The van der Waals surface area contributed by atoms with Crippen LogP contribution in [0.5, 0.6) is 0 Å². The van der Waals surface area contributed by atoms with E-state index >= 15 is 0 Å². The van der Waals surface area contributed by atoms with Crippen molar-refractivity contribution in [2.75, 3.05) is 13.1 Å². The van der Waals surface area contributed by atoms with E-state index in [1.807, 2.05) is 35.2 Å². The number of benzene rings is 1. The molecule has 0 spiro atoms. The normalized spacial score (nSPS) is 22.6. The third kappa shape index (κ3) is 2.55. The average molecular weight is 272 g/mol. The minimum Gasteiger partial charge on any atom is -0.341 e. The number of nitrogens with zero attached hydrogens (tertiary/aromatic N) is 2. The highest BCUT2D eigenvalue weighted by molar-refractivity contribution is 5.91. The van der Waals surface area contributed by atoms with Crippen LogP contribution < -0.4 is 0 Å². The van der Waals surface area contributed by atoms with Crippen molar-refractivity contribution in [3.63, 3.8) is 0 Å². The number of carbonyl (C=O) groups excluding carboxylic acids is 2. The third-order valence-electron chi connectivity index (χ3n) is 4.23. The lowest BCUT2D eigenvalue weighted by Crippen LogP contribution is -2.45. The topological polar surface area (TPSA) is 40.6 Å². The second-order valence-electron chi connectivity index (χ2n) is 5.59. The van der Waals surface area contributed by atoms with E-state index in [1.54, 1.807) is 4.90 Å². The Labute approximate surface area is 119 Å². The Bertz CT molecular complexity index is 494. The fraction of sp³-hybridized carbons (Fsp3) is 0.500. The molecule has 0 saturated carbocycles. The maximum absolute atomic E-state index is 12.5. The van der Waals surface area contributed by atoms with Gasteiger partial charge in [0.1, 0.15) is 6.04 Å². The minimum absolute atomic E-state index is 0.103. The molecular formula is C16H20N2O2. The van der Waals surface area contributed by atoms with E-state index in [1.165, 1.54) is 0 Å². The fourth-order valence-corrected chi connectivity index (χ4v) is 3.12. The summed E-state index contributed by atoms with van der Waals surface area (Å²) in [5.41, 5.74) is 1.09. The molecule has 2 amide bonds. The van der Waals surface area contributed by atoms with Crippen molar-refractivity contribution in [3.8, 4) is 0 Å². The third-order valence-corrected chi connectivity index (χ3v) is 4.23. The molecule has 0 aromatic heterocycles. The largest absolute Gasteiger partial charge is 0.341 e. The first-order chi connectivity index (χ1) is 9.75. The van der Waals surface area contributed by atoms with Gasteiger partial charge in [-0.3, -0.25) is 9.59 Å². The molecule has 1 atom stereocenters. The number of carbonyl (C=O) groups is 2. The molecule has 0 aliphatic carbocycles. The highest BCUT2D eigenvalue weighted by Crippen LogP contribution is 2.24. The quantitative estimate of drug-likeness (QED) is 0.842. The molecule has 1 aromatic carbocycles. The predicted molar refractivity (Wildman–Crippen MR) is 75.8 cm³/mol. The van der Waals surface area contributed by atoms with E-state index < -0.39 is 0 Å². The number of amides is 2. The first-order valence-electron chi connectivity index (χ1n) is 7.38. The van der Waals surface area contributed by atoms with E-state index in [0.29, 0.717) is 19.4 Å². The summed E-state index contributed by atoms with van der Waals surface area (Å²) >= 11 is 0. The predicted octanol–water partition coefficient (Wildman–Crippen LogP) is 1.80. The van der Waals surface area contributed by atoms with Crippen LogP contribution in [0.1, 0.15) is 31.2 Å². The second-order valence-corrected chi connectivity index (χ2v) is 5.59. The van der Waals surface area contributed by atoms with Crippen molar-refractivity contribution >= 4 is 11.8 Å². The van der Waals surface area contributed by atoms with Crippen LogP contribution >= 0.6 is 0 Å². The van der Waals surface area contributed by atoms with Crippen LogP contribution in [0.15, 0.2) is 30.3 Å². The Morgan fingerprint density at radius 2 is 1.85 bits per heavy atom. The molecule has 2 heterocycles. The standard InChI is InChI=1S/C16H20N2O2/c19-15-9-8-14(16(20)17-10-4-5-11-17)18(15)12-13-6-2-1-3-7-13/h1-3,6-7,14H,4-5,8-12H2. The summed E-state index contributed by atoms with van der Waals surface area (Å²) in [6.07, 6.45) is 3.34. The van der Waals surface area contributed by atoms with Crippen LogP contribution in [0.25, 0.3) is 0 Å². The summed E-state index contributed by atoms with van der Waals surface area (Å²) < 4.78 is 0. The Balaban J connectivity index is 1.73. The molecule has 4 heteroatoms. The number of likely N-dealkylation sites (tertiary alicyclic amines) is 2. The number of hydrogen-bond donors (Lipinski definition) is 0. The van der Waals surface area contributed by atoms with E-state index in [2.05, 4.69) is 0 Å². The van der Waals surface area contributed by atoms with Crippen LogP contribution in [-0.4, -0.2) is 40.7 Å². The fourth-order valence-electron chi connectivity index (χ4n) is 3.12. The SMILES string of the molecule is O=C(C1CCC(=O)N1Cc1ccccc1)N1CCCC1. The molecule has 2 aliphatic heterocycles. The van der Waals surface area contributed by atoms with Crippen molar-refractivity contribution in [2.24, 2.45) is 0 Å². The molecule has 0 N–H and O–H groups in total. The summed E-state index contributed by atoms with van der Waals surface area (Å²) in [6.45, 7) is 2.25. The summed E-state index contributed by atoms with van der Waals surface area (Å²) in [5.74, 6) is 0.246. The van der Waals surface area contributed by atoms with Crippen molar-refractivity contribution in [2.45, 2.75) is 38.3 Å². The van der Waals surface area contributed by atoms with Gasteiger partial charge in [-0.05, 0) is 24.8 Å². The van der Waals surface area contributed by atoms with Crippen LogP contribution in [-0.2, 0) is 16.1 Å². The van der Waals surface area contributed by atoms with Crippen LogP contribution in [0, 0.1) is 0 Å². The molecule has 3 rings (SSSR count). The monoisotopic (exact) mass is 272 g/mol. The highest BCUT2D eigenvalue weighted by Gasteiger charge is 2.38. The summed E-state index contributed by atoms with van der Waals surface area (Å²) in [4.78, 5) is 28.3. The molecule has 20 heavy (non-hydrogen) atoms. The van der Waals surface area contributed by atoms with Gasteiger partial charge >= 0.3 is 0 Å².